The van der Waals surface area contributed by atoms with E-state index in [4.69, 9.17) is 10.5 Å². The molecule has 7 heteroatoms. The molecule has 0 fully saturated rings. The van der Waals surface area contributed by atoms with Crippen LogP contribution in [0.5, 0.6) is 5.75 Å². The minimum Gasteiger partial charge on any atom is -0.495 e. The fourth-order valence-electron chi connectivity index (χ4n) is 2.27. The van der Waals surface area contributed by atoms with E-state index in [9.17, 15) is 4.39 Å². The van der Waals surface area contributed by atoms with Crippen LogP contribution in [-0.2, 0) is 4.43 Å². The van der Waals surface area contributed by atoms with Crippen molar-refractivity contribution < 1.29 is 9.13 Å². The van der Waals surface area contributed by atoms with Crippen LogP contribution >= 0.6 is 22.6 Å². The average Bonchev–Trinajstić information content (AvgIpc) is 2.56. The molecule has 0 saturated heterocycles. The Morgan fingerprint density at radius 1 is 1.26 bits per heavy atom. The van der Waals surface area contributed by atoms with Crippen LogP contribution in [-0.4, -0.2) is 17.1 Å². The summed E-state index contributed by atoms with van der Waals surface area (Å²) >= 11 is 2.13. The number of nitrogen functional groups attached to an aromatic ring is 1. The van der Waals surface area contributed by atoms with E-state index in [0.717, 1.165) is 11.1 Å². The number of benzene rings is 2. The second-order valence-electron chi connectivity index (χ2n) is 4.90. The SMILES string of the molecule is COc1cc2ncnc(Nc3ccc(F)c(CI)c3)c2cc1N. The Morgan fingerprint density at radius 2 is 2.09 bits per heavy atom. The third-order valence-corrected chi connectivity index (χ3v) is 4.26. The number of nitrogens with two attached hydrogens (primary N) is 1. The minimum absolute atomic E-state index is 0.216. The van der Waals surface area contributed by atoms with Gasteiger partial charge in [-0.3, -0.25) is 0 Å². The van der Waals surface area contributed by atoms with E-state index in [-0.39, 0.29) is 5.82 Å². The number of halogens is 2. The molecule has 0 radical (unpaired) electrons. The predicted molar refractivity (Wildman–Crippen MR) is 97.9 cm³/mol. The number of methoxy groups -OCH3 is 1. The van der Waals surface area contributed by atoms with Gasteiger partial charge in [0, 0.05) is 21.6 Å². The summed E-state index contributed by atoms with van der Waals surface area (Å²) in [7, 11) is 1.56. The van der Waals surface area contributed by atoms with Gasteiger partial charge in [0.2, 0.25) is 0 Å². The second-order valence-corrected chi connectivity index (χ2v) is 5.66. The summed E-state index contributed by atoms with van der Waals surface area (Å²) in [5, 5.41) is 3.97. The largest absolute Gasteiger partial charge is 0.495 e. The summed E-state index contributed by atoms with van der Waals surface area (Å²) in [6.45, 7) is 0. The van der Waals surface area contributed by atoms with Gasteiger partial charge < -0.3 is 15.8 Å². The van der Waals surface area contributed by atoms with Gasteiger partial charge in [0.05, 0.1) is 18.3 Å². The third kappa shape index (κ3) is 3.14. The molecular formula is C16H14FIN4O. The molecule has 0 bridgehead atoms. The van der Waals surface area contributed by atoms with E-state index in [1.54, 1.807) is 31.4 Å². The highest BCUT2D eigenvalue weighted by Crippen LogP contribution is 2.31. The molecule has 2 aromatic carbocycles. The van der Waals surface area contributed by atoms with Crippen molar-refractivity contribution in [2.45, 2.75) is 4.43 Å². The number of hydrogen-bond acceptors (Lipinski definition) is 5. The molecule has 0 saturated carbocycles. The Bertz CT molecular complexity index is 872. The van der Waals surface area contributed by atoms with Gasteiger partial charge >= 0.3 is 0 Å². The Kier molecular flexibility index (Phi) is 4.46. The van der Waals surface area contributed by atoms with Gasteiger partial charge in [0.1, 0.15) is 23.7 Å². The molecule has 0 atom stereocenters. The van der Waals surface area contributed by atoms with Crippen LogP contribution in [0.25, 0.3) is 10.9 Å². The first-order valence-corrected chi connectivity index (χ1v) is 8.34. The molecule has 23 heavy (non-hydrogen) atoms. The Morgan fingerprint density at radius 3 is 2.83 bits per heavy atom. The molecule has 0 spiro atoms. The van der Waals surface area contributed by atoms with Gasteiger partial charge in [-0.05, 0) is 29.8 Å². The molecule has 5 nitrogen and oxygen atoms in total. The molecule has 0 aliphatic rings. The summed E-state index contributed by atoms with van der Waals surface area (Å²) in [6.07, 6.45) is 1.46. The first-order chi connectivity index (χ1) is 11.1. The first-order valence-electron chi connectivity index (χ1n) is 6.82. The van der Waals surface area contributed by atoms with E-state index in [0.29, 0.717) is 32.8 Å². The molecule has 3 rings (SSSR count). The average molecular weight is 424 g/mol. The quantitative estimate of drug-likeness (QED) is 0.376. The number of rotatable bonds is 4. The zero-order chi connectivity index (χ0) is 16.4. The van der Waals surface area contributed by atoms with Crippen LogP contribution in [0.3, 0.4) is 0 Å². The van der Waals surface area contributed by atoms with Crippen LogP contribution in [0.4, 0.5) is 21.6 Å². The minimum atomic E-state index is -0.216. The molecule has 3 aromatic rings. The van der Waals surface area contributed by atoms with E-state index < -0.39 is 0 Å². The highest BCUT2D eigenvalue weighted by Gasteiger charge is 2.10. The monoisotopic (exact) mass is 424 g/mol. The summed E-state index contributed by atoms with van der Waals surface area (Å²) in [5.74, 6) is 0.956. The number of hydrogen-bond donors (Lipinski definition) is 2. The standard InChI is InChI=1S/C16H14FIN4O/c1-23-15-6-14-11(5-13(15)19)16(21-8-20-14)22-10-2-3-12(17)9(4-10)7-18/h2-6,8H,7,19H2,1H3,(H,20,21,22). The highest BCUT2D eigenvalue weighted by molar-refractivity contribution is 14.1. The van der Waals surface area contributed by atoms with Gasteiger partial charge in [-0.1, -0.05) is 22.6 Å². The van der Waals surface area contributed by atoms with Crippen molar-refractivity contribution in [1.29, 1.82) is 0 Å². The molecule has 0 aliphatic heterocycles. The smallest absolute Gasteiger partial charge is 0.143 e. The molecule has 3 N–H and O–H groups in total. The topological polar surface area (TPSA) is 73.1 Å². The fraction of sp³-hybridized carbons (Fsp3) is 0.125. The van der Waals surface area contributed by atoms with E-state index in [2.05, 4.69) is 37.9 Å². The van der Waals surface area contributed by atoms with Gasteiger partial charge in [-0.25, -0.2) is 14.4 Å². The molecular weight excluding hydrogens is 410 g/mol. The predicted octanol–water partition coefficient (Wildman–Crippen LogP) is 4.04. The fourth-order valence-corrected chi connectivity index (χ4v) is 2.85. The number of fused-ring (bicyclic) bond motifs is 1. The lowest BCUT2D eigenvalue weighted by atomic mass is 10.1. The van der Waals surface area contributed by atoms with Crippen LogP contribution in [0, 0.1) is 5.82 Å². The molecule has 118 valence electrons. The van der Waals surface area contributed by atoms with Crippen molar-refractivity contribution >= 4 is 50.7 Å². The maximum atomic E-state index is 13.6. The highest BCUT2D eigenvalue weighted by atomic mass is 127. The van der Waals surface area contributed by atoms with Crippen molar-refractivity contribution in [3.05, 3.63) is 48.0 Å². The lowest BCUT2D eigenvalue weighted by Gasteiger charge is -2.11. The zero-order valence-corrected chi connectivity index (χ0v) is 14.5. The maximum absolute atomic E-state index is 13.6. The van der Waals surface area contributed by atoms with Crippen molar-refractivity contribution in [2.75, 3.05) is 18.2 Å². The third-order valence-electron chi connectivity index (χ3n) is 3.44. The summed E-state index contributed by atoms with van der Waals surface area (Å²) < 4.78 is 19.4. The number of alkyl halides is 1. The summed E-state index contributed by atoms with van der Waals surface area (Å²) in [4.78, 5) is 8.50. The number of anilines is 3. The van der Waals surface area contributed by atoms with Gasteiger partial charge in [-0.2, -0.15) is 0 Å². The number of nitrogens with one attached hydrogen (secondary N) is 1. The van der Waals surface area contributed by atoms with Gasteiger partial charge in [0.15, 0.2) is 0 Å². The van der Waals surface area contributed by atoms with E-state index >= 15 is 0 Å². The van der Waals surface area contributed by atoms with E-state index in [1.807, 2.05) is 0 Å². The van der Waals surface area contributed by atoms with Crippen molar-refractivity contribution in [3.63, 3.8) is 0 Å². The maximum Gasteiger partial charge on any atom is 0.143 e. The second kappa shape index (κ2) is 6.53. The van der Waals surface area contributed by atoms with Crippen LogP contribution in [0.1, 0.15) is 5.56 Å². The number of nitrogens with zero attached hydrogens (tertiary/aromatic N) is 2. The molecule has 1 aromatic heterocycles. The molecule has 0 unspecified atom stereocenters. The van der Waals surface area contributed by atoms with Crippen LogP contribution in [0.15, 0.2) is 36.7 Å². The summed E-state index contributed by atoms with van der Waals surface area (Å²) in [5.41, 5.74) is 8.57. The first kappa shape index (κ1) is 15.7. The normalized spacial score (nSPS) is 10.7. The summed E-state index contributed by atoms with van der Waals surface area (Å²) in [6, 6.07) is 8.41. The number of ether oxygens (including phenoxy) is 1. The Labute approximate surface area is 146 Å². The van der Waals surface area contributed by atoms with Crippen molar-refractivity contribution in [1.82, 2.24) is 9.97 Å². The van der Waals surface area contributed by atoms with Crippen LogP contribution in [0.2, 0.25) is 0 Å². The molecule has 0 amide bonds. The van der Waals surface area contributed by atoms with Gasteiger partial charge in [0.25, 0.3) is 0 Å². The van der Waals surface area contributed by atoms with Crippen molar-refractivity contribution in [2.24, 2.45) is 0 Å². The Balaban J connectivity index is 2.05. The zero-order valence-electron chi connectivity index (χ0n) is 12.3. The van der Waals surface area contributed by atoms with E-state index in [1.165, 1.54) is 12.4 Å². The lowest BCUT2D eigenvalue weighted by molar-refractivity contribution is 0.417. The number of aromatic nitrogens is 2. The van der Waals surface area contributed by atoms with Crippen LogP contribution < -0.4 is 15.8 Å². The molecule has 1 heterocycles. The molecule has 0 aliphatic carbocycles. The lowest BCUT2D eigenvalue weighted by Crippen LogP contribution is -1.99. The van der Waals surface area contributed by atoms with Gasteiger partial charge in [-0.15, -0.1) is 0 Å². The Hall–Kier alpha value is -2.16. The van der Waals surface area contributed by atoms with Crippen molar-refractivity contribution in [3.8, 4) is 5.75 Å².